The minimum atomic E-state index is -0.603. The minimum Gasteiger partial charge on any atom is -0.386 e. The summed E-state index contributed by atoms with van der Waals surface area (Å²) in [6.07, 6.45) is -0.603. The van der Waals surface area contributed by atoms with Crippen LogP contribution in [0, 0.1) is 6.92 Å². The zero-order valence-corrected chi connectivity index (χ0v) is 15.0. The van der Waals surface area contributed by atoms with E-state index in [1.165, 1.54) is 4.70 Å². The summed E-state index contributed by atoms with van der Waals surface area (Å²) in [6, 6.07) is 10.1. The van der Waals surface area contributed by atoms with E-state index in [9.17, 15) is 5.11 Å². The van der Waals surface area contributed by atoms with Crippen LogP contribution in [0.3, 0.4) is 0 Å². The number of rotatable bonds is 6. The number of guanidine groups is 1. The number of fused-ring (bicyclic) bond motifs is 1. The Morgan fingerprint density at radius 3 is 2.92 bits per heavy atom. The van der Waals surface area contributed by atoms with E-state index in [1.54, 1.807) is 18.3 Å². The molecule has 3 aromatic rings. The molecule has 0 bridgehead atoms. The first kappa shape index (κ1) is 17.4. The number of nitrogens with zero attached hydrogens (tertiary/aromatic N) is 3. The van der Waals surface area contributed by atoms with Gasteiger partial charge in [-0.1, -0.05) is 23.4 Å². The van der Waals surface area contributed by atoms with Gasteiger partial charge >= 0.3 is 0 Å². The van der Waals surface area contributed by atoms with Gasteiger partial charge in [0.25, 0.3) is 0 Å². The molecule has 0 aliphatic rings. The molecule has 0 radical (unpaired) electrons. The van der Waals surface area contributed by atoms with E-state index in [-0.39, 0.29) is 0 Å². The maximum Gasteiger partial charge on any atom is 0.223 e. The largest absolute Gasteiger partial charge is 0.386 e. The summed E-state index contributed by atoms with van der Waals surface area (Å²) in [5.41, 5.74) is 0. The van der Waals surface area contributed by atoms with Crippen LogP contribution < -0.4 is 10.6 Å². The lowest BCUT2D eigenvalue weighted by atomic mass is 10.2. The van der Waals surface area contributed by atoms with Crippen molar-refractivity contribution in [2.75, 3.05) is 13.1 Å². The van der Waals surface area contributed by atoms with E-state index >= 15 is 0 Å². The summed E-state index contributed by atoms with van der Waals surface area (Å²) in [6.45, 7) is 5.12. The number of hydrogen-bond donors (Lipinski definition) is 3. The van der Waals surface area contributed by atoms with E-state index in [4.69, 9.17) is 4.52 Å². The van der Waals surface area contributed by atoms with Crippen molar-refractivity contribution in [3.8, 4) is 0 Å². The van der Waals surface area contributed by atoms with Gasteiger partial charge in [-0.05, 0) is 24.4 Å². The van der Waals surface area contributed by atoms with Crippen molar-refractivity contribution >= 4 is 27.4 Å². The second-order valence-corrected chi connectivity index (χ2v) is 6.62. The number of aliphatic imine (C=N–C) groups is 1. The fraction of sp³-hybridized carbons (Fsp3) is 0.353. The van der Waals surface area contributed by atoms with E-state index in [2.05, 4.69) is 31.8 Å². The van der Waals surface area contributed by atoms with Crippen molar-refractivity contribution < 1.29 is 9.63 Å². The van der Waals surface area contributed by atoms with Gasteiger partial charge in [-0.15, -0.1) is 11.3 Å². The highest BCUT2D eigenvalue weighted by atomic mass is 32.1. The third-order valence-electron chi connectivity index (χ3n) is 3.53. The van der Waals surface area contributed by atoms with Crippen LogP contribution in [0.4, 0.5) is 0 Å². The van der Waals surface area contributed by atoms with Crippen molar-refractivity contribution in [1.82, 2.24) is 20.8 Å². The smallest absolute Gasteiger partial charge is 0.223 e. The van der Waals surface area contributed by atoms with Gasteiger partial charge in [0.1, 0.15) is 12.6 Å². The van der Waals surface area contributed by atoms with Gasteiger partial charge in [0.2, 0.25) is 5.89 Å². The number of hydrogen-bond acceptors (Lipinski definition) is 6. The quantitative estimate of drug-likeness (QED) is 0.462. The highest BCUT2D eigenvalue weighted by molar-refractivity contribution is 7.19. The molecule has 2 heterocycles. The number of thiophene rings is 1. The topological polar surface area (TPSA) is 95.6 Å². The van der Waals surface area contributed by atoms with Crippen LogP contribution in [0.5, 0.6) is 0 Å². The average molecular weight is 359 g/mol. The molecule has 2 aromatic heterocycles. The summed E-state index contributed by atoms with van der Waals surface area (Å²) in [5, 5.41) is 21.7. The number of aliphatic hydroxyl groups is 1. The first-order valence-electron chi connectivity index (χ1n) is 8.13. The van der Waals surface area contributed by atoms with Crippen molar-refractivity contribution in [2.24, 2.45) is 4.99 Å². The lowest BCUT2D eigenvalue weighted by Crippen LogP contribution is -2.39. The van der Waals surface area contributed by atoms with E-state index in [1.807, 2.05) is 31.2 Å². The second kappa shape index (κ2) is 8.09. The second-order valence-electron chi connectivity index (χ2n) is 5.51. The summed E-state index contributed by atoms with van der Waals surface area (Å²) in [4.78, 5) is 9.46. The molecule has 0 aliphatic heterocycles. The van der Waals surface area contributed by atoms with Gasteiger partial charge < -0.3 is 20.3 Å². The molecule has 25 heavy (non-hydrogen) atoms. The highest BCUT2D eigenvalue weighted by Gasteiger charge is 2.12. The third kappa shape index (κ3) is 4.55. The Kier molecular flexibility index (Phi) is 5.62. The van der Waals surface area contributed by atoms with Gasteiger partial charge in [-0.25, -0.2) is 4.99 Å². The standard InChI is InChI=1S/C17H21N5O2S/c1-3-18-17(20-10-16-21-11(2)24-22-16)19-9-13(23)15-8-12-6-4-5-7-14(12)25-15/h4-8,13,23H,3,9-10H2,1-2H3,(H2,18,19,20). The highest BCUT2D eigenvalue weighted by Crippen LogP contribution is 2.29. The van der Waals surface area contributed by atoms with Crippen LogP contribution in [0.1, 0.15) is 29.6 Å². The van der Waals surface area contributed by atoms with E-state index < -0.39 is 6.10 Å². The Bertz CT molecular complexity index is 824. The maximum atomic E-state index is 10.5. The monoisotopic (exact) mass is 359 g/mol. The molecule has 7 nitrogen and oxygen atoms in total. The Morgan fingerprint density at radius 2 is 2.20 bits per heavy atom. The summed E-state index contributed by atoms with van der Waals surface area (Å²) >= 11 is 1.60. The number of aryl methyl sites for hydroxylation is 1. The summed E-state index contributed by atoms with van der Waals surface area (Å²) < 4.78 is 6.10. The SMILES string of the molecule is CCNC(=NCc1noc(C)n1)NCC(O)c1cc2ccccc2s1. The molecule has 3 N–H and O–H groups in total. The third-order valence-corrected chi connectivity index (χ3v) is 4.75. The molecule has 1 atom stereocenters. The summed E-state index contributed by atoms with van der Waals surface area (Å²) in [5.74, 6) is 1.65. The van der Waals surface area contributed by atoms with Crippen LogP contribution in [0.25, 0.3) is 10.1 Å². The van der Waals surface area contributed by atoms with Gasteiger partial charge in [0, 0.05) is 29.6 Å². The summed E-state index contributed by atoms with van der Waals surface area (Å²) in [7, 11) is 0. The fourth-order valence-corrected chi connectivity index (χ4v) is 3.41. The van der Waals surface area contributed by atoms with E-state index in [0.29, 0.717) is 30.8 Å². The molecular weight excluding hydrogens is 338 g/mol. The molecule has 132 valence electrons. The number of aliphatic hydroxyl groups excluding tert-OH is 1. The Labute approximate surface area is 149 Å². The molecule has 0 spiro atoms. The first-order valence-corrected chi connectivity index (χ1v) is 8.95. The molecule has 3 rings (SSSR count). The lowest BCUT2D eigenvalue weighted by Gasteiger charge is -2.14. The minimum absolute atomic E-state index is 0.311. The molecule has 0 aliphatic carbocycles. The number of aromatic nitrogens is 2. The van der Waals surface area contributed by atoms with E-state index in [0.717, 1.165) is 16.8 Å². The number of benzene rings is 1. The molecule has 0 saturated heterocycles. The zero-order valence-electron chi connectivity index (χ0n) is 14.2. The van der Waals surface area contributed by atoms with Crippen LogP contribution in [0.2, 0.25) is 0 Å². The molecule has 8 heteroatoms. The molecule has 0 saturated carbocycles. The average Bonchev–Trinajstić information content (AvgIpc) is 3.23. The van der Waals surface area contributed by atoms with Crippen LogP contribution >= 0.6 is 11.3 Å². The van der Waals surface area contributed by atoms with Crippen molar-refractivity contribution in [3.05, 3.63) is 46.9 Å². The predicted octanol–water partition coefficient (Wildman–Crippen LogP) is 2.38. The normalized spacial score (nSPS) is 13.2. The predicted molar refractivity (Wildman–Crippen MR) is 98.6 cm³/mol. The molecule has 0 fully saturated rings. The molecular formula is C17H21N5O2S. The molecule has 1 unspecified atom stereocenters. The van der Waals surface area contributed by atoms with Crippen LogP contribution in [0.15, 0.2) is 39.8 Å². The van der Waals surface area contributed by atoms with Gasteiger partial charge in [-0.3, -0.25) is 0 Å². The number of nitrogens with one attached hydrogen (secondary N) is 2. The zero-order chi connectivity index (χ0) is 17.6. The van der Waals surface area contributed by atoms with Crippen LogP contribution in [-0.4, -0.2) is 34.3 Å². The van der Waals surface area contributed by atoms with Crippen molar-refractivity contribution in [3.63, 3.8) is 0 Å². The Hall–Kier alpha value is -2.45. The first-order chi connectivity index (χ1) is 12.2. The van der Waals surface area contributed by atoms with Gasteiger partial charge in [0.15, 0.2) is 11.8 Å². The van der Waals surface area contributed by atoms with Crippen molar-refractivity contribution in [1.29, 1.82) is 0 Å². The van der Waals surface area contributed by atoms with Gasteiger partial charge in [0.05, 0.1) is 0 Å². The van der Waals surface area contributed by atoms with Crippen molar-refractivity contribution in [2.45, 2.75) is 26.5 Å². The Morgan fingerprint density at radius 1 is 1.36 bits per heavy atom. The Balaban J connectivity index is 1.61. The van der Waals surface area contributed by atoms with Gasteiger partial charge in [-0.2, -0.15) is 4.98 Å². The fourth-order valence-electron chi connectivity index (χ4n) is 2.36. The van der Waals surface area contributed by atoms with Crippen LogP contribution in [-0.2, 0) is 6.54 Å². The molecule has 1 aromatic carbocycles. The lowest BCUT2D eigenvalue weighted by molar-refractivity contribution is 0.184. The molecule has 0 amide bonds. The maximum absolute atomic E-state index is 10.5.